The van der Waals surface area contributed by atoms with Crippen LogP contribution in [0.2, 0.25) is 5.02 Å². The van der Waals surface area contributed by atoms with Gasteiger partial charge in [0.15, 0.2) is 5.96 Å². The number of benzene rings is 1. The fraction of sp³-hybridized carbons (Fsp3) is 0.350. The highest BCUT2D eigenvalue weighted by Crippen LogP contribution is 2.18. The molecule has 0 atom stereocenters. The van der Waals surface area contributed by atoms with E-state index in [9.17, 15) is 0 Å². The largest absolute Gasteiger partial charge is 0.357 e. The van der Waals surface area contributed by atoms with Gasteiger partial charge in [-0.1, -0.05) is 16.8 Å². The number of hydrogen-bond acceptors (Lipinski definition) is 4. The van der Waals surface area contributed by atoms with Gasteiger partial charge in [0.25, 0.3) is 0 Å². The lowest BCUT2D eigenvalue weighted by Crippen LogP contribution is -2.39. The van der Waals surface area contributed by atoms with E-state index in [2.05, 4.69) is 42.9 Å². The molecule has 0 aliphatic rings. The summed E-state index contributed by atoms with van der Waals surface area (Å²) in [6.07, 6.45) is 2.62. The Hall–Kier alpha value is -2.80. The first kappa shape index (κ1) is 19.9. The Morgan fingerprint density at radius 3 is 2.75 bits per heavy atom. The molecule has 0 saturated carbocycles. The third-order valence-electron chi connectivity index (χ3n) is 4.30. The second-order valence-corrected chi connectivity index (χ2v) is 6.91. The Kier molecular flexibility index (Phi) is 6.71. The van der Waals surface area contributed by atoms with Gasteiger partial charge in [-0.3, -0.25) is 4.99 Å². The zero-order chi connectivity index (χ0) is 19.9. The number of halogens is 1. The number of nitrogens with zero attached hydrogens (tertiary/aromatic N) is 5. The molecule has 0 aliphatic carbocycles. The number of nitrogens with one attached hydrogen (secondary N) is 1. The van der Waals surface area contributed by atoms with E-state index < -0.39 is 0 Å². The second-order valence-electron chi connectivity index (χ2n) is 6.47. The van der Waals surface area contributed by atoms with Crippen LogP contribution in [0.15, 0.2) is 52.1 Å². The van der Waals surface area contributed by atoms with Crippen molar-refractivity contribution in [3.63, 3.8) is 0 Å². The number of hydrogen-bond donors (Lipinski definition) is 1. The van der Waals surface area contributed by atoms with Gasteiger partial charge in [-0.25, -0.2) is 0 Å². The summed E-state index contributed by atoms with van der Waals surface area (Å²) >= 11 is 5.92. The maximum atomic E-state index is 5.92. The molecule has 0 amide bonds. The molecule has 148 valence electrons. The Balaban J connectivity index is 1.60. The van der Waals surface area contributed by atoms with E-state index in [1.165, 1.54) is 5.69 Å². The highest BCUT2D eigenvalue weighted by atomic mass is 35.5. The molecule has 8 heteroatoms. The van der Waals surface area contributed by atoms with E-state index in [1.54, 1.807) is 0 Å². The molecule has 7 nitrogen and oxygen atoms in total. The van der Waals surface area contributed by atoms with E-state index in [0.29, 0.717) is 29.7 Å². The fourth-order valence-corrected chi connectivity index (χ4v) is 2.90. The van der Waals surface area contributed by atoms with Crippen LogP contribution in [0.1, 0.15) is 18.5 Å². The van der Waals surface area contributed by atoms with Crippen LogP contribution in [0.5, 0.6) is 0 Å². The Labute approximate surface area is 170 Å². The number of rotatable bonds is 7. The van der Waals surface area contributed by atoms with Crippen LogP contribution in [0, 0.1) is 0 Å². The molecule has 3 aromatic rings. The van der Waals surface area contributed by atoms with Gasteiger partial charge in [0.05, 0.1) is 13.1 Å². The normalized spacial score (nSPS) is 11.6. The maximum absolute atomic E-state index is 5.92. The molecule has 1 aromatic carbocycles. The predicted molar refractivity (Wildman–Crippen MR) is 111 cm³/mol. The molecular weight excluding hydrogens is 376 g/mol. The zero-order valence-corrected chi connectivity index (χ0v) is 17.1. The SMILES string of the molecule is CCNC(=NCCc1nc(-c2ccc(Cl)cc2)no1)N(C)Cc1cccn1C. The van der Waals surface area contributed by atoms with Gasteiger partial charge in [0.2, 0.25) is 11.7 Å². The summed E-state index contributed by atoms with van der Waals surface area (Å²) in [7, 11) is 4.07. The number of aryl methyl sites for hydroxylation is 1. The van der Waals surface area contributed by atoms with Crippen LogP contribution in [0.3, 0.4) is 0 Å². The van der Waals surface area contributed by atoms with Crippen molar-refractivity contribution in [2.45, 2.75) is 19.9 Å². The summed E-state index contributed by atoms with van der Waals surface area (Å²) in [6, 6.07) is 11.5. The van der Waals surface area contributed by atoms with Crippen LogP contribution in [0.25, 0.3) is 11.4 Å². The van der Waals surface area contributed by atoms with Crippen LogP contribution >= 0.6 is 11.6 Å². The van der Waals surface area contributed by atoms with Gasteiger partial charge in [0.1, 0.15) is 0 Å². The van der Waals surface area contributed by atoms with Gasteiger partial charge in [-0.2, -0.15) is 4.98 Å². The smallest absolute Gasteiger partial charge is 0.228 e. The van der Waals surface area contributed by atoms with E-state index in [4.69, 9.17) is 16.1 Å². The topological polar surface area (TPSA) is 71.5 Å². The van der Waals surface area contributed by atoms with Gasteiger partial charge >= 0.3 is 0 Å². The minimum Gasteiger partial charge on any atom is -0.357 e. The van der Waals surface area contributed by atoms with Gasteiger partial charge in [-0.15, -0.1) is 0 Å². The fourth-order valence-electron chi connectivity index (χ4n) is 2.78. The van der Waals surface area contributed by atoms with E-state index in [1.807, 2.05) is 50.6 Å². The summed E-state index contributed by atoms with van der Waals surface area (Å²) in [5.74, 6) is 1.97. The molecule has 0 bridgehead atoms. The lowest BCUT2D eigenvalue weighted by molar-refractivity contribution is 0.379. The Bertz CT molecular complexity index is 915. The van der Waals surface area contributed by atoms with Crippen molar-refractivity contribution < 1.29 is 4.52 Å². The molecule has 2 heterocycles. The van der Waals surface area contributed by atoms with Crippen molar-refractivity contribution in [3.05, 3.63) is 59.2 Å². The Morgan fingerprint density at radius 1 is 1.29 bits per heavy atom. The molecule has 2 aromatic heterocycles. The van der Waals surface area contributed by atoms with Crippen LogP contribution in [0.4, 0.5) is 0 Å². The number of aliphatic imine (C=N–C) groups is 1. The lowest BCUT2D eigenvalue weighted by atomic mass is 10.2. The average molecular weight is 401 g/mol. The number of aromatic nitrogens is 3. The lowest BCUT2D eigenvalue weighted by Gasteiger charge is -2.22. The van der Waals surface area contributed by atoms with Crippen molar-refractivity contribution in [1.29, 1.82) is 0 Å². The summed E-state index contributed by atoms with van der Waals surface area (Å²) in [5, 5.41) is 8.04. The number of guanidine groups is 1. The van der Waals surface area contributed by atoms with Crippen molar-refractivity contribution in [2.24, 2.45) is 12.0 Å². The summed E-state index contributed by atoms with van der Waals surface area (Å²) in [4.78, 5) is 11.2. The van der Waals surface area contributed by atoms with Crippen LogP contribution < -0.4 is 5.32 Å². The van der Waals surface area contributed by atoms with Gasteiger partial charge < -0.3 is 19.3 Å². The minimum atomic E-state index is 0.558. The summed E-state index contributed by atoms with van der Waals surface area (Å²) in [6.45, 7) is 4.19. The van der Waals surface area contributed by atoms with Crippen molar-refractivity contribution in [1.82, 2.24) is 24.9 Å². The maximum Gasteiger partial charge on any atom is 0.228 e. The minimum absolute atomic E-state index is 0.558. The summed E-state index contributed by atoms with van der Waals surface area (Å²) < 4.78 is 7.46. The molecular formula is C20H25ClN6O. The summed E-state index contributed by atoms with van der Waals surface area (Å²) in [5.41, 5.74) is 2.09. The van der Waals surface area contributed by atoms with Gasteiger partial charge in [-0.05, 0) is 43.3 Å². The Morgan fingerprint density at radius 2 is 2.07 bits per heavy atom. The molecule has 28 heavy (non-hydrogen) atoms. The first-order chi connectivity index (χ1) is 13.6. The molecule has 0 aliphatic heterocycles. The van der Waals surface area contributed by atoms with E-state index in [-0.39, 0.29) is 0 Å². The molecule has 0 radical (unpaired) electrons. The van der Waals surface area contributed by atoms with Crippen molar-refractivity contribution in [3.8, 4) is 11.4 Å². The van der Waals surface area contributed by atoms with E-state index in [0.717, 1.165) is 24.6 Å². The molecule has 1 N–H and O–H groups in total. The van der Waals surface area contributed by atoms with Crippen molar-refractivity contribution in [2.75, 3.05) is 20.1 Å². The monoisotopic (exact) mass is 400 g/mol. The van der Waals surface area contributed by atoms with Crippen molar-refractivity contribution >= 4 is 17.6 Å². The molecule has 0 saturated heterocycles. The molecule has 0 unspecified atom stereocenters. The standard InChI is InChI=1S/C20H25ClN6O/c1-4-22-20(27(3)14-17-6-5-13-26(17)2)23-12-11-18-24-19(25-28-18)15-7-9-16(21)10-8-15/h5-10,13H,4,11-12,14H2,1-3H3,(H,22,23). The third kappa shape index (κ3) is 5.13. The molecule has 3 rings (SSSR count). The van der Waals surface area contributed by atoms with Crippen LogP contribution in [-0.2, 0) is 20.0 Å². The van der Waals surface area contributed by atoms with E-state index >= 15 is 0 Å². The predicted octanol–water partition coefficient (Wildman–Crippen LogP) is 3.37. The first-order valence-electron chi connectivity index (χ1n) is 9.25. The quantitative estimate of drug-likeness (QED) is 0.486. The zero-order valence-electron chi connectivity index (χ0n) is 16.4. The second kappa shape index (κ2) is 9.41. The van der Waals surface area contributed by atoms with Gasteiger partial charge in [0, 0.05) is 49.5 Å². The average Bonchev–Trinajstić information content (AvgIpc) is 3.31. The highest BCUT2D eigenvalue weighted by molar-refractivity contribution is 6.30. The van der Waals surface area contributed by atoms with Crippen LogP contribution in [-0.4, -0.2) is 45.7 Å². The molecule has 0 spiro atoms. The highest BCUT2D eigenvalue weighted by Gasteiger charge is 2.10. The first-order valence-corrected chi connectivity index (χ1v) is 9.62. The third-order valence-corrected chi connectivity index (χ3v) is 4.56. The molecule has 0 fully saturated rings.